The van der Waals surface area contributed by atoms with Crippen molar-refractivity contribution in [2.75, 3.05) is 20.3 Å². The van der Waals surface area contributed by atoms with E-state index in [9.17, 15) is 9.90 Å². The lowest BCUT2D eigenvalue weighted by Gasteiger charge is -2.24. The quantitative estimate of drug-likeness (QED) is 0.785. The van der Waals surface area contributed by atoms with E-state index in [1.165, 1.54) is 16.9 Å². The van der Waals surface area contributed by atoms with Crippen LogP contribution in [0.3, 0.4) is 0 Å². The van der Waals surface area contributed by atoms with Gasteiger partial charge in [0.05, 0.1) is 24.6 Å². The molecule has 7 heteroatoms. The molecule has 2 aliphatic rings. The van der Waals surface area contributed by atoms with Gasteiger partial charge in [0, 0.05) is 24.6 Å². The van der Waals surface area contributed by atoms with Gasteiger partial charge < -0.3 is 14.8 Å². The van der Waals surface area contributed by atoms with Crippen LogP contribution in [-0.4, -0.2) is 52.4 Å². The van der Waals surface area contributed by atoms with E-state index < -0.39 is 6.10 Å². The summed E-state index contributed by atoms with van der Waals surface area (Å²) in [5, 5.41) is 10.9. The maximum absolute atomic E-state index is 12.6. The lowest BCUT2D eigenvalue weighted by molar-refractivity contribution is 0.0331. The predicted octanol–water partition coefficient (Wildman–Crippen LogP) is 1.84. The highest BCUT2D eigenvalue weighted by Gasteiger charge is 2.31. The highest BCUT2D eigenvalue weighted by molar-refractivity contribution is 7.18. The molecule has 0 saturated heterocycles. The van der Waals surface area contributed by atoms with Crippen LogP contribution in [0, 0.1) is 0 Å². The number of aromatic amines is 1. The first-order chi connectivity index (χ1) is 12.2. The monoisotopic (exact) mass is 363 g/mol. The number of hydrogen-bond donors (Lipinski definition) is 2. The zero-order valence-corrected chi connectivity index (χ0v) is 15.4. The smallest absolute Gasteiger partial charge is 0.259 e. The first-order valence-electron chi connectivity index (χ1n) is 9.10. The number of thiophene rings is 1. The molecule has 0 aliphatic heterocycles. The fourth-order valence-electron chi connectivity index (χ4n) is 3.77. The average Bonchev–Trinajstić information content (AvgIpc) is 3.35. The number of aryl methyl sites for hydroxylation is 2. The molecule has 2 aromatic rings. The van der Waals surface area contributed by atoms with Gasteiger partial charge in [-0.2, -0.15) is 0 Å². The molecule has 2 aromatic heterocycles. The van der Waals surface area contributed by atoms with Gasteiger partial charge in [-0.3, -0.25) is 9.69 Å². The molecule has 0 aromatic carbocycles. The Morgan fingerprint density at radius 2 is 2.20 bits per heavy atom. The number of aliphatic hydroxyl groups excluding tert-OH is 1. The first kappa shape index (κ1) is 17.1. The summed E-state index contributed by atoms with van der Waals surface area (Å²) >= 11 is 1.68. The second kappa shape index (κ2) is 7.15. The maximum atomic E-state index is 12.6. The van der Waals surface area contributed by atoms with Crippen molar-refractivity contribution in [3.05, 3.63) is 26.6 Å². The summed E-state index contributed by atoms with van der Waals surface area (Å²) < 4.78 is 5.03. The Bertz CT molecular complexity index is 812. The summed E-state index contributed by atoms with van der Waals surface area (Å²) in [6, 6.07) is 0.476. The number of ether oxygens (including phenoxy) is 1. The molecule has 0 radical (unpaired) electrons. The van der Waals surface area contributed by atoms with Crippen LogP contribution in [0.2, 0.25) is 0 Å². The third kappa shape index (κ3) is 3.65. The molecule has 136 valence electrons. The molecule has 0 amide bonds. The first-order valence-corrected chi connectivity index (χ1v) is 9.92. The lowest BCUT2D eigenvalue weighted by Crippen LogP contribution is -2.36. The Hall–Kier alpha value is -1.28. The SMILES string of the molecule is COC[C@H](O)CN(Cc1nc2sc3c(c2c(=O)[nH]1)CCCC3)C1CC1. The molecule has 2 heterocycles. The van der Waals surface area contributed by atoms with Crippen LogP contribution >= 0.6 is 11.3 Å². The molecule has 1 saturated carbocycles. The predicted molar refractivity (Wildman–Crippen MR) is 98.2 cm³/mol. The number of nitrogens with zero attached hydrogens (tertiary/aromatic N) is 2. The fraction of sp³-hybridized carbons (Fsp3) is 0.667. The zero-order valence-electron chi connectivity index (χ0n) is 14.6. The zero-order chi connectivity index (χ0) is 17.4. The molecule has 0 spiro atoms. The van der Waals surface area contributed by atoms with Gasteiger partial charge in [0.1, 0.15) is 10.7 Å². The van der Waals surface area contributed by atoms with Gasteiger partial charge >= 0.3 is 0 Å². The van der Waals surface area contributed by atoms with Crippen LogP contribution in [-0.2, 0) is 24.1 Å². The van der Waals surface area contributed by atoms with Gasteiger partial charge in [0.25, 0.3) is 5.56 Å². The summed E-state index contributed by atoms with van der Waals surface area (Å²) in [7, 11) is 1.59. The van der Waals surface area contributed by atoms with Gasteiger partial charge in [-0.05, 0) is 44.1 Å². The minimum absolute atomic E-state index is 0.00686. The number of rotatable bonds is 7. The number of fused-ring (bicyclic) bond motifs is 3. The van der Waals surface area contributed by atoms with Crippen LogP contribution in [0.15, 0.2) is 4.79 Å². The molecule has 25 heavy (non-hydrogen) atoms. The minimum Gasteiger partial charge on any atom is -0.389 e. The number of H-pyrrole nitrogens is 1. The van der Waals surface area contributed by atoms with Crippen LogP contribution in [0.25, 0.3) is 10.2 Å². The Kier molecular flexibility index (Phi) is 4.90. The van der Waals surface area contributed by atoms with Crippen molar-refractivity contribution in [2.24, 2.45) is 0 Å². The van der Waals surface area contributed by atoms with Gasteiger partial charge in [0.2, 0.25) is 0 Å². The molecule has 2 aliphatic carbocycles. The van der Waals surface area contributed by atoms with E-state index in [0.29, 0.717) is 31.6 Å². The van der Waals surface area contributed by atoms with E-state index in [1.54, 1.807) is 18.4 Å². The van der Waals surface area contributed by atoms with Crippen molar-refractivity contribution in [1.82, 2.24) is 14.9 Å². The van der Waals surface area contributed by atoms with Crippen LogP contribution < -0.4 is 5.56 Å². The van der Waals surface area contributed by atoms with Gasteiger partial charge in [-0.25, -0.2) is 4.98 Å². The average molecular weight is 363 g/mol. The topological polar surface area (TPSA) is 78.5 Å². The third-order valence-corrected chi connectivity index (χ3v) is 6.28. The summed E-state index contributed by atoms with van der Waals surface area (Å²) in [6.45, 7) is 1.43. The van der Waals surface area contributed by atoms with Crippen LogP contribution in [0.5, 0.6) is 0 Å². The number of nitrogens with one attached hydrogen (secondary N) is 1. The number of aliphatic hydroxyl groups is 1. The highest BCUT2D eigenvalue weighted by Crippen LogP contribution is 2.34. The van der Waals surface area contributed by atoms with Crippen molar-refractivity contribution in [1.29, 1.82) is 0 Å². The van der Waals surface area contributed by atoms with E-state index >= 15 is 0 Å². The van der Waals surface area contributed by atoms with Crippen LogP contribution in [0.4, 0.5) is 0 Å². The van der Waals surface area contributed by atoms with Gasteiger partial charge in [-0.1, -0.05) is 0 Å². The molecular weight excluding hydrogens is 338 g/mol. The van der Waals surface area contributed by atoms with E-state index in [-0.39, 0.29) is 5.56 Å². The second-order valence-electron chi connectivity index (χ2n) is 7.17. The van der Waals surface area contributed by atoms with Crippen molar-refractivity contribution < 1.29 is 9.84 Å². The molecule has 4 rings (SSSR count). The van der Waals surface area contributed by atoms with Gasteiger partial charge in [0.15, 0.2) is 0 Å². The lowest BCUT2D eigenvalue weighted by atomic mass is 9.97. The Balaban J connectivity index is 1.59. The van der Waals surface area contributed by atoms with E-state index in [4.69, 9.17) is 9.72 Å². The van der Waals surface area contributed by atoms with Crippen molar-refractivity contribution >= 4 is 21.6 Å². The number of aromatic nitrogens is 2. The summed E-state index contributed by atoms with van der Waals surface area (Å²) in [4.78, 5) is 24.8. The van der Waals surface area contributed by atoms with E-state index in [1.807, 2.05) is 0 Å². The number of methoxy groups -OCH3 is 1. The molecule has 0 bridgehead atoms. The van der Waals surface area contributed by atoms with Gasteiger partial charge in [-0.15, -0.1) is 11.3 Å². The minimum atomic E-state index is -0.518. The van der Waals surface area contributed by atoms with Crippen molar-refractivity contribution in [3.63, 3.8) is 0 Å². The fourth-order valence-corrected chi connectivity index (χ4v) is 5.05. The Labute approximate surface area is 150 Å². The number of hydrogen-bond acceptors (Lipinski definition) is 6. The molecule has 2 N–H and O–H groups in total. The molecular formula is C18H25N3O3S. The second-order valence-corrected chi connectivity index (χ2v) is 8.26. The summed E-state index contributed by atoms with van der Waals surface area (Å²) in [5.41, 5.74) is 1.22. The summed E-state index contributed by atoms with van der Waals surface area (Å²) in [5.74, 6) is 0.701. The van der Waals surface area contributed by atoms with E-state index in [2.05, 4.69) is 9.88 Å². The van der Waals surface area contributed by atoms with Crippen LogP contribution in [0.1, 0.15) is 41.9 Å². The Morgan fingerprint density at radius 1 is 1.40 bits per heavy atom. The van der Waals surface area contributed by atoms with E-state index in [0.717, 1.165) is 42.3 Å². The summed E-state index contributed by atoms with van der Waals surface area (Å²) in [6.07, 6.45) is 6.19. The normalized spacial score (nSPS) is 18.7. The van der Waals surface area contributed by atoms with Crippen molar-refractivity contribution in [3.8, 4) is 0 Å². The van der Waals surface area contributed by atoms with Crippen molar-refractivity contribution in [2.45, 2.75) is 57.2 Å². The maximum Gasteiger partial charge on any atom is 0.259 e. The molecule has 6 nitrogen and oxygen atoms in total. The molecule has 1 atom stereocenters. The highest BCUT2D eigenvalue weighted by atomic mass is 32.1. The Morgan fingerprint density at radius 3 is 2.96 bits per heavy atom. The standard InChI is InChI=1S/C18H25N3O3S/c1-24-10-12(22)8-21(11-6-7-11)9-15-19-17(23)16-13-4-2-3-5-14(13)25-18(16)20-15/h11-12,22H,2-10H2,1H3,(H,19,20,23)/t12-/m1/s1. The third-order valence-electron chi connectivity index (χ3n) is 5.09. The molecule has 0 unspecified atom stereocenters. The largest absolute Gasteiger partial charge is 0.389 e. The molecule has 1 fully saturated rings.